The van der Waals surface area contributed by atoms with Crippen molar-refractivity contribution in [1.29, 1.82) is 0 Å². The molecule has 1 rings (SSSR count). The summed E-state index contributed by atoms with van der Waals surface area (Å²) in [6, 6.07) is 5.26. The van der Waals surface area contributed by atoms with Gasteiger partial charge in [-0.15, -0.1) is 0 Å². The van der Waals surface area contributed by atoms with Gasteiger partial charge in [0.15, 0.2) is 0 Å². The van der Waals surface area contributed by atoms with E-state index in [1.165, 1.54) is 7.05 Å². The first kappa shape index (κ1) is 16.7. The predicted molar refractivity (Wildman–Crippen MR) is 79.0 cm³/mol. The lowest BCUT2D eigenvalue weighted by Crippen LogP contribution is -2.38. The van der Waals surface area contributed by atoms with E-state index in [0.717, 1.165) is 16.3 Å². The van der Waals surface area contributed by atoms with Crippen molar-refractivity contribution < 1.29 is 13.2 Å². The fraction of sp³-hybridized carbons (Fsp3) is 0.500. The molecule has 0 saturated heterocycles. The van der Waals surface area contributed by atoms with E-state index in [1.54, 1.807) is 19.1 Å². The molecule has 0 heterocycles. The fourth-order valence-corrected chi connectivity index (χ4v) is 3.19. The standard InChI is InChI=1S/C14H22N2O3S/c1-5-8-15-14(17)10-16(4)20(18,19)13-9-11(2)6-7-12(13)3/h6-7,9H,5,8,10H2,1-4H3,(H,15,17). The van der Waals surface area contributed by atoms with E-state index in [4.69, 9.17) is 0 Å². The Labute approximate surface area is 121 Å². The maximum Gasteiger partial charge on any atom is 0.243 e. The van der Waals surface area contributed by atoms with Crippen LogP contribution in [0.4, 0.5) is 0 Å². The Balaban J connectivity index is 2.93. The molecule has 0 saturated carbocycles. The van der Waals surface area contributed by atoms with Gasteiger partial charge in [-0.05, 0) is 37.5 Å². The van der Waals surface area contributed by atoms with E-state index < -0.39 is 10.0 Å². The first-order chi connectivity index (χ1) is 9.28. The Bertz CT molecular complexity index is 582. The quantitative estimate of drug-likeness (QED) is 0.864. The van der Waals surface area contributed by atoms with Gasteiger partial charge in [-0.2, -0.15) is 4.31 Å². The Morgan fingerprint density at radius 3 is 2.55 bits per heavy atom. The molecule has 0 spiro atoms. The number of likely N-dealkylation sites (N-methyl/N-ethyl adjacent to an activating group) is 1. The Kier molecular flexibility index (Phi) is 5.71. The lowest BCUT2D eigenvalue weighted by atomic mass is 10.2. The third-order valence-electron chi connectivity index (χ3n) is 2.97. The summed E-state index contributed by atoms with van der Waals surface area (Å²) in [7, 11) is -2.22. The lowest BCUT2D eigenvalue weighted by Gasteiger charge is -2.18. The minimum Gasteiger partial charge on any atom is -0.355 e. The predicted octanol–water partition coefficient (Wildman–Crippen LogP) is 1.45. The van der Waals surface area contributed by atoms with Gasteiger partial charge in [0.05, 0.1) is 11.4 Å². The number of nitrogens with zero attached hydrogens (tertiary/aromatic N) is 1. The molecule has 0 aliphatic rings. The Morgan fingerprint density at radius 1 is 1.30 bits per heavy atom. The number of nitrogens with one attached hydrogen (secondary N) is 1. The van der Waals surface area contributed by atoms with E-state index in [0.29, 0.717) is 12.1 Å². The second kappa shape index (κ2) is 6.85. The topological polar surface area (TPSA) is 66.5 Å². The van der Waals surface area contributed by atoms with Gasteiger partial charge in [0, 0.05) is 13.6 Å². The maximum atomic E-state index is 12.5. The number of aryl methyl sites for hydroxylation is 2. The van der Waals surface area contributed by atoms with Crippen LogP contribution in [-0.2, 0) is 14.8 Å². The molecular weight excluding hydrogens is 276 g/mol. The molecule has 0 aliphatic heterocycles. The number of hydrogen-bond acceptors (Lipinski definition) is 3. The van der Waals surface area contributed by atoms with Crippen LogP contribution in [0.2, 0.25) is 0 Å². The Hall–Kier alpha value is -1.40. The largest absolute Gasteiger partial charge is 0.355 e. The van der Waals surface area contributed by atoms with Crippen molar-refractivity contribution in [2.45, 2.75) is 32.1 Å². The maximum absolute atomic E-state index is 12.5. The molecule has 112 valence electrons. The first-order valence-corrected chi connectivity index (χ1v) is 8.03. The van der Waals surface area contributed by atoms with Crippen LogP contribution in [0.25, 0.3) is 0 Å². The number of hydrogen-bond donors (Lipinski definition) is 1. The van der Waals surface area contributed by atoms with Crippen molar-refractivity contribution in [3.8, 4) is 0 Å². The average Bonchev–Trinajstić information content (AvgIpc) is 2.38. The molecule has 5 nitrogen and oxygen atoms in total. The van der Waals surface area contributed by atoms with Crippen molar-refractivity contribution >= 4 is 15.9 Å². The highest BCUT2D eigenvalue weighted by atomic mass is 32.2. The summed E-state index contributed by atoms with van der Waals surface area (Å²) in [5, 5.41) is 2.67. The molecule has 0 unspecified atom stereocenters. The van der Waals surface area contributed by atoms with Gasteiger partial charge in [0.2, 0.25) is 15.9 Å². The summed E-state index contributed by atoms with van der Waals surface area (Å²) in [5.41, 5.74) is 1.55. The number of benzene rings is 1. The molecule has 1 N–H and O–H groups in total. The molecule has 0 radical (unpaired) electrons. The minimum atomic E-state index is -3.64. The third-order valence-corrected chi connectivity index (χ3v) is 4.92. The molecule has 0 aromatic heterocycles. The summed E-state index contributed by atoms with van der Waals surface area (Å²) < 4.78 is 26.0. The molecule has 0 atom stereocenters. The molecule has 0 fully saturated rings. The number of carbonyl (C=O) groups excluding carboxylic acids is 1. The lowest BCUT2D eigenvalue weighted by molar-refractivity contribution is -0.121. The van der Waals surface area contributed by atoms with E-state index in [-0.39, 0.29) is 17.3 Å². The summed E-state index contributed by atoms with van der Waals surface area (Å²) >= 11 is 0. The van der Waals surface area contributed by atoms with Crippen LogP contribution in [0.3, 0.4) is 0 Å². The van der Waals surface area contributed by atoms with E-state index >= 15 is 0 Å². The molecule has 0 aliphatic carbocycles. The molecule has 20 heavy (non-hydrogen) atoms. The molecule has 0 bridgehead atoms. The van der Waals surface area contributed by atoms with E-state index in [2.05, 4.69) is 5.32 Å². The van der Waals surface area contributed by atoms with Crippen LogP contribution < -0.4 is 5.32 Å². The smallest absolute Gasteiger partial charge is 0.243 e. The summed E-state index contributed by atoms with van der Waals surface area (Å²) in [6.07, 6.45) is 0.819. The number of carbonyl (C=O) groups is 1. The number of rotatable bonds is 6. The fourth-order valence-electron chi connectivity index (χ4n) is 1.76. The molecule has 1 aromatic carbocycles. The van der Waals surface area contributed by atoms with Crippen molar-refractivity contribution in [2.24, 2.45) is 0 Å². The van der Waals surface area contributed by atoms with Crippen molar-refractivity contribution in [2.75, 3.05) is 20.1 Å². The van der Waals surface area contributed by atoms with Gasteiger partial charge in [0.25, 0.3) is 0 Å². The van der Waals surface area contributed by atoms with Gasteiger partial charge < -0.3 is 5.32 Å². The third kappa shape index (κ3) is 4.05. The second-order valence-electron chi connectivity index (χ2n) is 4.88. The highest BCUT2D eigenvalue weighted by Gasteiger charge is 2.24. The summed E-state index contributed by atoms with van der Waals surface area (Å²) in [4.78, 5) is 11.9. The highest BCUT2D eigenvalue weighted by molar-refractivity contribution is 7.89. The van der Waals surface area contributed by atoms with Crippen molar-refractivity contribution in [3.05, 3.63) is 29.3 Å². The monoisotopic (exact) mass is 298 g/mol. The van der Waals surface area contributed by atoms with Gasteiger partial charge >= 0.3 is 0 Å². The highest BCUT2D eigenvalue weighted by Crippen LogP contribution is 2.20. The minimum absolute atomic E-state index is 0.171. The zero-order chi connectivity index (χ0) is 15.3. The van der Waals surface area contributed by atoms with Gasteiger partial charge in [0.1, 0.15) is 0 Å². The number of amides is 1. The SMILES string of the molecule is CCCNC(=O)CN(C)S(=O)(=O)c1cc(C)ccc1C. The second-order valence-corrected chi connectivity index (χ2v) is 6.89. The van der Waals surface area contributed by atoms with E-state index in [9.17, 15) is 13.2 Å². The van der Waals surface area contributed by atoms with Crippen LogP contribution in [-0.4, -0.2) is 38.8 Å². The summed E-state index contributed by atoms with van der Waals surface area (Å²) in [6.45, 7) is 5.91. The van der Waals surface area contributed by atoms with Crippen LogP contribution in [0.1, 0.15) is 24.5 Å². The normalized spacial score (nSPS) is 11.7. The molecule has 6 heteroatoms. The van der Waals surface area contributed by atoms with Gasteiger partial charge in [-0.25, -0.2) is 8.42 Å². The molecular formula is C14H22N2O3S. The van der Waals surface area contributed by atoms with Crippen molar-refractivity contribution in [3.63, 3.8) is 0 Å². The van der Waals surface area contributed by atoms with Gasteiger partial charge in [-0.1, -0.05) is 19.1 Å². The first-order valence-electron chi connectivity index (χ1n) is 6.59. The zero-order valence-corrected chi connectivity index (χ0v) is 13.3. The van der Waals surface area contributed by atoms with Gasteiger partial charge in [-0.3, -0.25) is 4.79 Å². The Morgan fingerprint density at radius 2 is 1.95 bits per heavy atom. The van der Waals surface area contributed by atoms with Crippen LogP contribution >= 0.6 is 0 Å². The molecule has 1 amide bonds. The van der Waals surface area contributed by atoms with Crippen LogP contribution in [0.5, 0.6) is 0 Å². The van der Waals surface area contributed by atoms with Crippen LogP contribution in [0.15, 0.2) is 23.1 Å². The average molecular weight is 298 g/mol. The summed E-state index contributed by atoms with van der Waals surface area (Å²) in [5.74, 6) is -0.289. The van der Waals surface area contributed by atoms with Crippen molar-refractivity contribution in [1.82, 2.24) is 9.62 Å². The number of sulfonamides is 1. The van der Waals surface area contributed by atoms with Crippen LogP contribution in [0, 0.1) is 13.8 Å². The molecule has 1 aromatic rings. The van der Waals surface area contributed by atoms with E-state index in [1.807, 2.05) is 19.9 Å². The zero-order valence-electron chi connectivity index (χ0n) is 12.4.